The fourth-order valence-corrected chi connectivity index (χ4v) is 5.27. The van der Waals surface area contributed by atoms with Crippen LogP contribution in [0.15, 0.2) is 90.6 Å². The van der Waals surface area contributed by atoms with E-state index < -0.39 is 23.5 Å². The molecule has 0 bridgehead atoms. The van der Waals surface area contributed by atoms with Crippen LogP contribution in [0.25, 0.3) is 38.3 Å². The summed E-state index contributed by atoms with van der Waals surface area (Å²) in [6, 6.07) is 22.0. The van der Waals surface area contributed by atoms with Gasteiger partial charge < -0.3 is 5.32 Å². The molecule has 0 fully saturated rings. The summed E-state index contributed by atoms with van der Waals surface area (Å²) >= 11 is 7.40. The van der Waals surface area contributed by atoms with Crippen molar-refractivity contribution in [2.24, 2.45) is 0 Å². The number of hydrogen-bond acceptors (Lipinski definition) is 6. The molecule has 3 aromatic carbocycles. The van der Waals surface area contributed by atoms with Gasteiger partial charge in [-0.3, -0.25) is 4.79 Å². The third-order valence-electron chi connectivity index (χ3n) is 6.10. The fraction of sp³-hybridized carbons (Fsp3) is 0.0357. The summed E-state index contributed by atoms with van der Waals surface area (Å²) in [5.41, 5.74) is 2.52. The van der Waals surface area contributed by atoms with Crippen LogP contribution in [0.2, 0.25) is 5.02 Å². The smallest absolute Gasteiger partial charge is 0.321 e. The van der Waals surface area contributed by atoms with Gasteiger partial charge >= 0.3 is 6.18 Å². The average Bonchev–Trinajstić information content (AvgIpc) is 3.62. The lowest BCUT2D eigenvalue weighted by Gasteiger charge is -2.12. The first-order valence-electron chi connectivity index (χ1n) is 11.8. The fourth-order valence-electron chi connectivity index (χ4n) is 4.30. The lowest BCUT2D eigenvalue weighted by atomic mass is 9.97. The number of benzene rings is 3. The molecule has 0 unspecified atom stereocenters. The number of fused-ring (bicyclic) bond motifs is 1. The predicted octanol–water partition coefficient (Wildman–Crippen LogP) is 7.53. The predicted molar refractivity (Wildman–Crippen MR) is 148 cm³/mol. The number of anilines is 1. The molecule has 0 spiro atoms. The van der Waals surface area contributed by atoms with Gasteiger partial charge in [0.2, 0.25) is 0 Å². The van der Waals surface area contributed by atoms with E-state index >= 15 is 0 Å². The average molecular weight is 577 g/mol. The molecule has 12 heteroatoms. The number of rotatable bonds is 5. The van der Waals surface area contributed by atoms with E-state index in [4.69, 9.17) is 11.6 Å². The number of alkyl halides is 3. The standard InChI is InChI=1S/C28H16ClF3N6OS/c29-17-7-11-19(12-8-17)38-26(28(30,31)32)24(36-37-38)27(39)35-18-9-5-16(6-10-18)20-3-1-2-4-21(20)23-25-22(13-14-40-25)33-15-34-23/h1-15H,(H,35,39). The molecule has 0 aliphatic carbocycles. The first-order valence-corrected chi connectivity index (χ1v) is 13.0. The minimum atomic E-state index is -4.89. The van der Waals surface area contributed by atoms with Crippen molar-refractivity contribution in [1.29, 1.82) is 0 Å². The number of nitrogens with zero attached hydrogens (tertiary/aromatic N) is 5. The zero-order chi connectivity index (χ0) is 27.9. The number of aromatic nitrogens is 5. The maximum absolute atomic E-state index is 14.0. The number of carbonyl (C=O) groups is 1. The van der Waals surface area contributed by atoms with Crippen molar-refractivity contribution < 1.29 is 18.0 Å². The maximum atomic E-state index is 14.0. The van der Waals surface area contributed by atoms with Crippen molar-refractivity contribution >= 4 is 44.7 Å². The van der Waals surface area contributed by atoms with Crippen molar-refractivity contribution in [2.75, 3.05) is 5.32 Å². The summed E-state index contributed by atoms with van der Waals surface area (Å²) < 4.78 is 43.5. The van der Waals surface area contributed by atoms with E-state index in [0.717, 1.165) is 32.6 Å². The number of carbonyl (C=O) groups excluding carboxylic acids is 1. The van der Waals surface area contributed by atoms with Crippen molar-refractivity contribution in [3.05, 3.63) is 107 Å². The van der Waals surface area contributed by atoms with Crippen LogP contribution < -0.4 is 5.32 Å². The molecule has 0 radical (unpaired) electrons. The Hall–Kier alpha value is -4.61. The number of halogens is 4. The Morgan fingerprint density at radius 3 is 2.35 bits per heavy atom. The molecule has 3 aromatic heterocycles. The van der Waals surface area contributed by atoms with Gasteiger partial charge in [-0.1, -0.05) is 53.2 Å². The zero-order valence-electron chi connectivity index (χ0n) is 20.2. The Kier molecular flexibility index (Phi) is 6.53. The summed E-state index contributed by atoms with van der Waals surface area (Å²) in [5, 5.41) is 11.9. The second-order valence-electron chi connectivity index (χ2n) is 8.61. The van der Waals surface area contributed by atoms with Gasteiger partial charge in [-0.2, -0.15) is 13.2 Å². The Bertz CT molecular complexity index is 1850. The van der Waals surface area contributed by atoms with Crippen LogP contribution in [0, 0.1) is 0 Å². The number of nitrogens with one attached hydrogen (secondary N) is 1. The van der Waals surface area contributed by atoms with Crippen molar-refractivity contribution in [3.8, 4) is 28.1 Å². The van der Waals surface area contributed by atoms with Crippen molar-refractivity contribution in [1.82, 2.24) is 25.0 Å². The first-order chi connectivity index (χ1) is 19.3. The van der Waals surface area contributed by atoms with Crippen LogP contribution in [-0.2, 0) is 6.18 Å². The van der Waals surface area contributed by atoms with E-state index in [1.165, 1.54) is 30.6 Å². The van der Waals surface area contributed by atoms with E-state index in [0.29, 0.717) is 15.4 Å². The molecular weight excluding hydrogens is 561 g/mol. The Labute approximate surface area is 233 Å². The van der Waals surface area contributed by atoms with Gasteiger partial charge in [0.15, 0.2) is 11.4 Å². The highest BCUT2D eigenvalue weighted by Crippen LogP contribution is 2.37. The summed E-state index contributed by atoms with van der Waals surface area (Å²) in [4.78, 5) is 21.7. The monoisotopic (exact) mass is 576 g/mol. The molecule has 0 aliphatic rings. The van der Waals surface area contributed by atoms with E-state index in [1.54, 1.807) is 35.6 Å². The Morgan fingerprint density at radius 1 is 0.900 bits per heavy atom. The van der Waals surface area contributed by atoms with Gasteiger partial charge in [-0.05, 0) is 59.0 Å². The van der Waals surface area contributed by atoms with Gasteiger partial charge in [0.25, 0.3) is 5.91 Å². The van der Waals surface area contributed by atoms with Crippen LogP contribution >= 0.6 is 22.9 Å². The van der Waals surface area contributed by atoms with Crippen LogP contribution in [0.1, 0.15) is 16.2 Å². The molecule has 3 heterocycles. The molecule has 0 saturated heterocycles. The van der Waals surface area contributed by atoms with Gasteiger partial charge in [-0.25, -0.2) is 14.6 Å². The molecule has 0 saturated carbocycles. The van der Waals surface area contributed by atoms with Gasteiger partial charge in [-0.15, -0.1) is 16.4 Å². The SMILES string of the molecule is O=C(Nc1ccc(-c2ccccc2-c2ncnc3ccsc23)cc1)c1nnn(-c2ccc(Cl)cc2)c1C(F)(F)F. The Morgan fingerprint density at radius 2 is 1.62 bits per heavy atom. The number of hydrogen-bond donors (Lipinski definition) is 1. The second kappa shape index (κ2) is 10.2. The molecule has 7 nitrogen and oxygen atoms in total. The molecule has 0 aliphatic heterocycles. The summed E-state index contributed by atoms with van der Waals surface area (Å²) in [5.74, 6) is -1.04. The van der Waals surface area contributed by atoms with Crippen LogP contribution in [0.4, 0.5) is 18.9 Å². The minimum absolute atomic E-state index is 0.0646. The summed E-state index contributed by atoms with van der Waals surface area (Å²) in [7, 11) is 0. The van der Waals surface area contributed by atoms with Gasteiger partial charge in [0, 0.05) is 16.3 Å². The number of amides is 1. The van der Waals surface area contributed by atoms with E-state index in [-0.39, 0.29) is 5.69 Å². The van der Waals surface area contributed by atoms with Crippen LogP contribution in [0.3, 0.4) is 0 Å². The van der Waals surface area contributed by atoms with Crippen molar-refractivity contribution in [2.45, 2.75) is 6.18 Å². The first kappa shape index (κ1) is 25.7. The van der Waals surface area contributed by atoms with Crippen molar-refractivity contribution in [3.63, 3.8) is 0 Å². The molecular formula is C28H16ClF3N6OS. The molecule has 1 amide bonds. The largest absolute Gasteiger partial charge is 0.435 e. The topological polar surface area (TPSA) is 85.6 Å². The van der Waals surface area contributed by atoms with E-state index in [1.807, 2.05) is 35.7 Å². The third kappa shape index (κ3) is 4.80. The molecule has 6 rings (SSSR count). The van der Waals surface area contributed by atoms with Gasteiger partial charge in [0.1, 0.15) is 6.33 Å². The second-order valence-corrected chi connectivity index (χ2v) is 9.96. The van der Waals surface area contributed by atoms with Crippen LogP contribution in [0.5, 0.6) is 0 Å². The highest BCUT2D eigenvalue weighted by molar-refractivity contribution is 7.17. The summed E-state index contributed by atoms with van der Waals surface area (Å²) in [6.45, 7) is 0. The highest BCUT2D eigenvalue weighted by atomic mass is 35.5. The summed E-state index contributed by atoms with van der Waals surface area (Å²) in [6.07, 6.45) is -3.36. The van der Waals surface area contributed by atoms with Gasteiger partial charge in [0.05, 0.1) is 21.6 Å². The number of thiophene rings is 1. The molecule has 198 valence electrons. The van der Waals surface area contributed by atoms with Crippen LogP contribution in [-0.4, -0.2) is 30.9 Å². The zero-order valence-corrected chi connectivity index (χ0v) is 21.8. The molecule has 6 aromatic rings. The minimum Gasteiger partial charge on any atom is -0.321 e. The quantitative estimate of drug-likeness (QED) is 0.229. The lowest BCUT2D eigenvalue weighted by Crippen LogP contribution is -2.21. The third-order valence-corrected chi connectivity index (χ3v) is 7.27. The van der Waals surface area contributed by atoms with E-state index in [9.17, 15) is 18.0 Å². The molecule has 40 heavy (non-hydrogen) atoms. The van der Waals surface area contributed by atoms with E-state index in [2.05, 4.69) is 25.6 Å². The molecule has 1 N–H and O–H groups in total. The Balaban J connectivity index is 1.29. The normalized spacial score (nSPS) is 11.6. The molecule has 0 atom stereocenters. The lowest BCUT2D eigenvalue weighted by molar-refractivity contribution is -0.143. The maximum Gasteiger partial charge on any atom is 0.435 e. The highest BCUT2D eigenvalue weighted by Gasteiger charge is 2.42.